The molecule has 0 unspecified atom stereocenters. The lowest BCUT2D eigenvalue weighted by Crippen LogP contribution is -2.43. The van der Waals surface area contributed by atoms with Crippen LogP contribution >= 0.6 is 0 Å². The molecule has 0 aromatic heterocycles. The number of amides is 2. The van der Waals surface area contributed by atoms with E-state index in [-0.39, 0.29) is 6.03 Å². The van der Waals surface area contributed by atoms with E-state index in [9.17, 15) is 4.79 Å². The molecule has 0 spiro atoms. The van der Waals surface area contributed by atoms with Crippen LogP contribution in [0, 0.1) is 0 Å². The Morgan fingerprint density at radius 1 is 1.17 bits per heavy atom. The molecule has 1 heterocycles. The zero-order valence-electron chi connectivity index (χ0n) is 10.4. The maximum Gasteiger partial charge on any atom is 0.321 e. The lowest BCUT2D eigenvalue weighted by Gasteiger charge is -2.27. The summed E-state index contributed by atoms with van der Waals surface area (Å²) >= 11 is 0. The van der Waals surface area contributed by atoms with Gasteiger partial charge in [-0.25, -0.2) is 4.79 Å². The number of urea groups is 1. The van der Waals surface area contributed by atoms with Crippen molar-refractivity contribution in [2.75, 3.05) is 31.6 Å². The number of rotatable bonds is 1. The molecule has 0 bridgehead atoms. The number of morpholine rings is 1. The number of aryl methyl sites for hydroxylation is 2. The predicted octanol–water partition coefficient (Wildman–Crippen LogP) is 2.04. The molecule has 0 saturated carbocycles. The zero-order chi connectivity index (χ0) is 12.4. The second-order valence-corrected chi connectivity index (χ2v) is 4.87. The minimum Gasteiger partial charge on any atom is -0.378 e. The van der Waals surface area contributed by atoms with Crippen LogP contribution in [-0.2, 0) is 17.6 Å². The molecule has 1 fully saturated rings. The Morgan fingerprint density at radius 2 is 1.94 bits per heavy atom. The molecule has 18 heavy (non-hydrogen) atoms. The first-order chi connectivity index (χ1) is 8.83. The lowest BCUT2D eigenvalue weighted by molar-refractivity contribution is 0.0564. The number of fused-ring (bicyclic) bond motifs is 1. The molecule has 1 aromatic carbocycles. The van der Waals surface area contributed by atoms with Gasteiger partial charge in [-0.1, -0.05) is 6.07 Å². The van der Waals surface area contributed by atoms with Gasteiger partial charge in [0.15, 0.2) is 0 Å². The second-order valence-electron chi connectivity index (χ2n) is 4.87. The number of carbonyl (C=O) groups is 1. The molecule has 1 aliphatic heterocycles. The van der Waals surface area contributed by atoms with E-state index in [1.54, 1.807) is 4.90 Å². The van der Waals surface area contributed by atoms with Gasteiger partial charge < -0.3 is 15.0 Å². The molecule has 3 rings (SSSR count). The predicted molar refractivity (Wildman–Crippen MR) is 69.9 cm³/mol. The minimum absolute atomic E-state index is 0.0174. The van der Waals surface area contributed by atoms with E-state index >= 15 is 0 Å². The van der Waals surface area contributed by atoms with E-state index in [0.29, 0.717) is 26.3 Å². The van der Waals surface area contributed by atoms with E-state index in [2.05, 4.69) is 17.4 Å². The second kappa shape index (κ2) is 4.98. The monoisotopic (exact) mass is 246 g/mol. The normalized spacial score (nSPS) is 18.6. The van der Waals surface area contributed by atoms with Crippen molar-refractivity contribution >= 4 is 11.7 Å². The van der Waals surface area contributed by atoms with Crippen molar-refractivity contribution < 1.29 is 9.53 Å². The molecule has 1 aromatic rings. The lowest BCUT2D eigenvalue weighted by atomic mass is 10.1. The molecule has 2 amide bonds. The van der Waals surface area contributed by atoms with Crippen LogP contribution in [0.25, 0.3) is 0 Å². The molecular weight excluding hydrogens is 228 g/mol. The highest BCUT2D eigenvalue weighted by molar-refractivity contribution is 5.89. The molecular formula is C14H18N2O2. The number of anilines is 1. The number of nitrogens with one attached hydrogen (secondary N) is 1. The van der Waals surface area contributed by atoms with Crippen LogP contribution in [-0.4, -0.2) is 37.2 Å². The van der Waals surface area contributed by atoms with Crippen LogP contribution in [0.4, 0.5) is 10.5 Å². The fourth-order valence-corrected chi connectivity index (χ4v) is 2.62. The average molecular weight is 246 g/mol. The molecule has 4 nitrogen and oxygen atoms in total. The fourth-order valence-electron chi connectivity index (χ4n) is 2.62. The van der Waals surface area contributed by atoms with Crippen molar-refractivity contribution in [2.24, 2.45) is 0 Å². The smallest absolute Gasteiger partial charge is 0.321 e. The number of nitrogens with zero attached hydrogens (tertiary/aromatic N) is 1. The molecule has 0 radical (unpaired) electrons. The van der Waals surface area contributed by atoms with Crippen molar-refractivity contribution in [1.82, 2.24) is 4.90 Å². The fraction of sp³-hybridized carbons (Fsp3) is 0.500. The summed E-state index contributed by atoms with van der Waals surface area (Å²) < 4.78 is 5.24. The summed E-state index contributed by atoms with van der Waals surface area (Å²) in [6.07, 6.45) is 3.54. The summed E-state index contributed by atoms with van der Waals surface area (Å²) in [6, 6.07) is 6.23. The highest BCUT2D eigenvalue weighted by Crippen LogP contribution is 2.25. The Balaban J connectivity index is 1.66. The first kappa shape index (κ1) is 11.5. The molecule has 96 valence electrons. The zero-order valence-corrected chi connectivity index (χ0v) is 10.4. The van der Waals surface area contributed by atoms with E-state index in [1.165, 1.54) is 24.0 Å². The van der Waals surface area contributed by atoms with Crippen molar-refractivity contribution in [3.8, 4) is 0 Å². The van der Waals surface area contributed by atoms with Gasteiger partial charge in [0.25, 0.3) is 0 Å². The standard InChI is InChI=1S/C14H18N2O2/c17-14(16-6-8-18-9-7-16)15-13-5-4-11-2-1-3-12(11)10-13/h4-5,10H,1-3,6-9H2,(H,15,17). The number of hydrogen-bond donors (Lipinski definition) is 1. The average Bonchev–Trinajstić information content (AvgIpc) is 2.87. The number of hydrogen-bond acceptors (Lipinski definition) is 2. The summed E-state index contributed by atoms with van der Waals surface area (Å²) in [5.74, 6) is 0. The summed E-state index contributed by atoms with van der Waals surface area (Å²) in [5.41, 5.74) is 3.72. The van der Waals surface area contributed by atoms with Crippen LogP contribution < -0.4 is 5.32 Å². The van der Waals surface area contributed by atoms with E-state index in [4.69, 9.17) is 4.74 Å². The third kappa shape index (κ3) is 2.34. The van der Waals surface area contributed by atoms with Crippen LogP contribution in [0.3, 0.4) is 0 Å². The molecule has 4 heteroatoms. The van der Waals surface area contributed by atoms with Gasteiger partial charge in [-0.05, 0) is 42.5 Å². The molecule has 1 N–H and O–H groups in total. The maximum absolute atomic E-state index is 12.0. The molecule has 2 aliphatic rings. The van der Waals surface area contributed by atoms with Gasteiger partial charge in [0.05, 0.1) is 13.2 Å². The Bertz CT molecular complexity index is 453. The van der Waals surface area contributed by atoms with Crippen molar-refractivity contribution in [3.63, 3.8) is 0 Å². The molecule has 1 saturated heterocycles. The van der Waals surface area contributed by atoms with E-state index in [1.807, 2.05) is 6.07 Å². The summed E-state index contributed by atoms with van der Waals surface area (Å²) in [6.45, 7) is 2.63. The highest BCUT2D eigenvalue weighted by atomic mass is 16.5. The molecule has 0 atom stereocenters. The largest absolute Gasteiger partial charge is 0.378 e. The van der Waals surface area contributed by atoms with Crippen molar-refractivity contribution in [3.05, 3.63) is 29.3 Å². The van der Waals surface area contributed by atoms with E-state index < -0.39 is 0 Å². The van der Waals surface area contributed by atoms with Crippen LogP contribution in [0.1, 0.15) is 17.5 Å². The molecule has 1 aliphatic carbocycles. The SMILES string of the molecule is O=C(Nc1ccc2c(c1)CCC2)N1CCOCC1. The minimum atomic E-state index is -0.0174. The van der Waals surface area contributed by atoms with Crippen LogP contribution in [0.5, 0.6) is 0 Å². The van der Waals surface area contributed by atoms with Crippen LogP contribution in [0.2, 0.25) is 0 Å². The number of carbonyl (C=O) groups excluding carboxylic acids is 1. The van der Waals surface area contributed by atoms with Gasteiger partial charge in [-0.2, -0.15) is 0 Å². The van der Waals surface area contributed by atoms with E-state index in [0.717, 1.165) is 12.1 Å². The van der Waals surface area contributed by atoms with Crippen LogP contribution in [0.15, 0.2) is 18.2 Å². The summed E-state index contributed by atoms with van der Waals surface area (Å²) in [7, 11) is 0. The summed E-state index contributed by atoms with van der Waals surface area (Å²) in [4.78, 5) is 13.8. The van der Waals surface area contributed by atoms with Gasteiger partial charge in [-0.15, -0.1) is 0 Å². The first-order valence-corrected chi connectivity index (χ1v) is 6.58. The van der Waals surface area contributed by atoms with Gasteiger partial charge in [0.2, 0.25) is 0 Å². The highest BCUT2D eigenvalue weighted by Gasteiger charge is 2.17. The topological polar surface area (TPSA) is 41.6 Å². The third-order valence-corrected chi connectivity index (χ3v) is 3.65. The maximum atomic E-state index is 12.0. The number of benzene rings is 1. The van der Waals surface area contributed by atoms with Gasteiger partial charge >= 0.3 is 6.03 Å². The van der Waals surface area contributed by atoms with Gasteiger partial charge in [0, 0.05) is 18.8 Å². The Morgan fingerprint density at radius 3 is 2.78 bits per heavy atom. The van der Waals surface area contributed by atoms with Gasteiger partial charge in [-0.3, -0.25) is 0 Å². The number of ether oxygens (including phenoxy) is 1. The third-order valence-electron chi connectivity index (χ3n) is 3.65. The van der Waals surface area contributed by atoms with Gasteiger partial charge in [0.1, 0.15) is 0 Å². The quantitative estimate of drug-likeness (QED) is 0.824. The Labute approximate surface area is 107 Å². The van der Waals surface area contributed by atoms with Crippen molar-refractivity contribution in [2.45, 2.75) is 19.3 Å². The van der Waals surface area contributed by atoms with Crippen molar-refractivity contribution in [1.29, 1.82) is 0 Å². The Hall–Kier alpha value is -1.55. The summed E-state index contributed by atoms with van der Waals surface area (Å²) in [5, 5.41) is 2.97. The first-order valence-electron chi connectivity index (χ1n) is 6.58. The Kier molecular flexibility index (Phi) is 3.19.